The maximum Gasteiger partial charge on any atom is 0.338 e. The van der Waals surface area contributed by atoms with Crippen molar-refractivity contribution in [1.82, 2.24) is 10.6 Å². The second-order valence-corrected chi connectivity index (χ2v) is 8.41. The van der Waals surface area contributed by atoms with Gasteiger partial charge in [0, 0.05) is 23.5 Å². The van der Waals surface area contributed by atoms with E-state index in [2.05, 4.69) is 10.6 Å². The largest absolute Gasteiger partial charge is 0.463 e. The number of ether oxygens (including phenoxy) is 2. The molecule has 2 N–H and O–H groups in total. The Bertz CT molecular complexity index is 1090. The molecule has 9 nitrogen and oxygen atoms in total. The van der Waals surface area contributed by atoms with Crippen LogP contribution in [0, 0.1) is 0 Å². The summed E-state index contributed by atoms with van der Waals surface area (Å²) in [6.07, 6.45) is 1.34. The molecular weight excluding hydrogens is 446 g/mol. The molecule has 33 heavy (non-hydrogen) atoms. The van der Waals surface area contributed by atoms with E-state index in [-0.39, 0.29) is 30.4 Å². The SMILES string of the molecule is CCOC(=O)C1=C(COC(=O)c2ccc(N3CCCC3=O)cc2)NC(=O)NC1c1cccs1. The summed E-state index contributed by atoms with van der Waals surface area (Å²) in [6, 6.07) is 8.96. The summed E-state index contributed by atoms with van der Waals surface area (Å²) in [5, 5.41) is 7.13. The van der Waals surface area contributed by atoms with Crippen molar-refractivity contribution < 1.29 is 28.7 Å². The number of urea groups is 1. The first-order valence-corrected chi connectivity index (χ1v) is 11.4. The molecule has 1 aromatic carbocycles. The van der Waals surface area contributed by atoms with Gasteiger partial charge in [-0.05, 0) is 49.1 Å². The summed E-state index contributed by atoms with van der Waals surface area (Å²) in [5.41, 5.74) is 1.38. The topological polar surface area (TPSA) is 114 Å². The average molecular weight is 470 g/mol. The number of rotatable bonds is 7. The molecule has 2 aliphatic rings. The van der Waals surface area contributed by atoms with Gasteiger partial charge in [0.2, 0.25) is 5.91 Å². The number of amides is 3. The van der Waals surface area contributed by atoms with E-state index in [0.29, 0.717) is 18.5 Å². The van der Waals surface area contributed by atoms with E-state index in [1.165, 1.54) is 11.3 Å². The predicted molar refractivity (Wildman–Crippen MR) is 121 cm³/mol. The number of esters is 2. The molecule has 1 atom stereocenters. The van der Waals surface area contributed by atoms with Crippen LogP contribution in [-0.2, 0) is 19.1 Å². The van der Waals surface area contributed by atoms with Crippen LogP contribution in [0.25, 0.3) is 0 Å². The van der Waals surface area contributed by atoms with Gasteiger partial charge in [0.1, 0.15) is 6.61 Å². The van der Waals surface area contributed by atoms with E-state index in [4.69, 9.17) is 9.47 Å². The molecule has 0 spiro atoms. The fourth-order valence-corrected chi connectivity index (χ4v) is 4.55. The maximum atomic E-state index is 12.7. The number of nitrogens with zero attached hydrogens (tertiary/aromatic N) is 1. The van der Waals surface area contributed by atoms with Gasteiger partial charge in [-0.25, -0.2) is 14.4 Å². The molecule has 3 amide bonds. The first kappa shape index (κ1) is 22.5. The molecular formula is C23H23N3O6S. The minimum Gasteiger partial charge on any atom is -0.463 e. The number of carbonyl (C=O) groups is 4. The van der Waals surface area contributed by atoms with Crippen LogP contribution >= 0.6 is 11.3 Å². The Kier molecular flexibility index (Phi) is 6.74. The zero-order valence-corrected chi connectivity index (χ0v) is 18.8. The number of hydrogen-bond donors (Lipinski definition) is 2. The lowest BCUT2D eigenvalue weighted by molar-refractivity contribution is -0.139. The molecule has 2 aliphatic heterocycles. The van der Waals surface area contributed by atoms with E-state index in [0.717, 1.165) is 17.0 Å². The molecule has 0 bridgehead atoms. The van der Waals surface area contributed by atoms with Gasteiger partial charge in [0.25, 0.3) is 0 Å². The highest BCUT2D eigenvalue weighted by Gasteiger charge is 2.34. The Balaban J connectivity index is 1.52. The van der Waals surface area contributed by atoms with Crippen LogP contribution in [0.5, 0.6) is 0 Å². The summed E-state index contributed by atoms with van der Waals surface area (Å²) in [4.78, 5) is 51.9. The number of nitrogens with one attached hydrogen (secondary N) is 2. The first-order chi connectivity index (χ1) is 16.0. The second-order valence-electron chi connectivity index (χ2n) is 7.43. The van der Waals surface area contributed by atoms with E-state index < -0.39 is 24.0 Å². The second kappa shape index (κ2) is 9.86. The van der Waals surface area contributed by atoms with Crippen molar-refractivity contribution in [3.63, 3.8) is 0 Å². The van der Waals surface area contributed by atoms with Crippen molar-refractivity contribution in [2.75, 3.05) is 24.7 Å². The highest BCUT2D eigenvalue weighted by Crippen LogP contribution is 2.31. The smallest absolute Gasteiger partial charge is 0.338 e. The zero-order valence-electron chi connectivity index (χ0n) is 18.0. The van der Waals surface area contributed by atoms with E-state index in [1.807, 2.05) is 11.4 Å². The van der Waals surface area contributed by atoms with Gasteiger partial charge in [-0.1, -0.05) is 6.07 Å². The van der Waals surface area contributed by atoms with Crippen LogP contribution in [0.2, 0.25) is 0 Å². The fraction of sp³-hybridized carbons (Fsp3) is 0.304. The Morgan fingerprint density at radius 3 is 2.55 bits per heavy atom. The minimum atomic E-state index is -0.705. The van der Waals surface area contributed by atoms with Gasteiger partial charge in [-0.2, -0.15) is 0 Å². The normalized spacial score (nSPS) is 18.1. The van der Waals surface area contributed by atoms with Crippen LogP contribution in [0.15, 0.2) is 53.0 Å². The van der Waals surface area contributed by atoms with Gasteiger partial charge >= 0.3 is 18.0 Å². The lowest BCUT2D eigenvalue weighted by Gasteiger charge is -2.28. The number of hydrogen-bond acceptors (Lipinski definition) is 7. The molecule has 10 heteroatoms. The third-order valence-corrected chi connectivity index (χ3v) is 6.25. The van der Waals surface area contributed by atoms with E-state index in [9.17, 15) is 19.2 Å². The van der Waals surface area contributed by atoms with E-state index >= 15 is 0 Å². The molecule has 0 radical (unpaired) electrons. The van der Waals surface area contributed by atoms with Gasteiger partial charge in [-0.3, -0.25) is 4.79 Å². The van der Waals surface area contributed by atoms with Crippen LogP contribution in [-0.4, -0.2) is 43.6 Å². The van der Waals surface area contributed by atoms with Crippen molar-refractivity contribution in [2.24, 2.45) is 0 Å². The lowest BCUT2D eigenvalue weighted by Crippen LogP contribution is -2.46. The fourth-order valence-electron chi connectivity index (χ4n) is 3.77. The third kappa shape index (κ3) is 4.90. The summed E-state index contributed by atoms with van der Waals surface area (Å²) < 4.78 is 10.6. The average Bonchev–Trinajstić information content (AvgIpc) is 3.49. The van der Waals surface area contributed by atoms with Crippen molar-refractivity contribution >= 4 is 40.9 Å². The predicted octanol–water partition coefficient (Wildman–Crippen LogP) is 2.90. The molecule has 0 saturated carbocycles. The molecule has 2 aromatic rings. The number of thiophene rings is 1. The molecule has 1 fully saturated rings. The molecule has 172 valence electrons. The summed E-state index contributed by atoms with van der Waals surface area (Å²) in [6.45, 7) is 2.19. The Hall–Kier alpha value is -3.66. The lowest BCUT2D eigenvalue weighted by atomic mass is 10.0. The van der Waals surface area contributed by atoms with Crippen molar-refractivity contribution in [1.29, 1.82) is 0 Å². The van der Waals surface area contributed by atoms with Crippen molar-refractivity contribution in [2.45, 2.75) is 25.8 Å². The maximum absolute atomic E-state index is 12.7. The van der Waals surface area contributed by atoms with Gasteiger partial charge in [0.15, 0.2) is 0 Å². The highest BCUT2D eigenvalue weighted by molar-refractivity contribution is 7.10. The monoisotopic (exact) mass is 469 g/mol. The van der Waals surface area contributed by atoms with Crippen molar-refractivity contribution in [3.8, 4) is 0 Å². The third-order valence-electron chi connectivity index (χ3n) is 5.31. The molecule has 1 saturated heterocycles. The standard InChI is InChI=1S/C23H23N3O6S/c1-2-31-22(29)19-16(24-23(30)25-20(19)17-5-4-12-33-17)13-32-21(28)14-7-9-15(10-8-14)26-11-3-6-18(26)27/h4-5,7-10,12,20H,2-3,6,11,13H2,1H3,(H2,24,25,30). The van der Waals surface area contributed by atoms with Gasteiger partial charge in [0.05, 0.1) is 29.5 Å². The van der Waals surface area contributed by atoms with Crippen molar-refractivity contribution in [3.05, 3.63) is 63.5 Å². The van der Waals surface area contributed by atoms with Crippen LogP contribution in [0.4, 0.5) is 10.5 Å². The molecule has 4 rings (SSSR count). The Labute approximate surface area is 194 Å². The molecule has 1 unspecified atom stereocenters. The molecule has 3 heterocycles. The summed E-state index contributed by atoms with van der Waals surface area (Å²) in [7, 11) is 0. The highest BCUT2D eigenvalue weighted by atomic mass is 32.1. The van der Waals surface area contributed by atoms with Crippen LogP contribution in [0.1, 0.15) is 41.0 Å². The summed E-state index contributed by atoms with van der Waals surface area (Å²) in [5.74, 6) is -1.16. The molecule has 0 aliphatic carbocycles. The Morgan fingerprint density at radius 1 is 1.12 bits per heavy atom. The quantitative estimate of drug-likeness (QED) is 0.603. The first-order valence-electron chi connectivity index (χ1n) is 10.6. The minimum absolute atomic E-state index is 0.0608. The van der Waals surface area contributed by atoms with Gasteiger partial charge < -0.3 is 25.0 Å². The number of benzene rings is 1. The zero-order chi connectivity index (χ0) is 23.4. The number of anilines is 1. The summed E-state index contributed by atoms with van der Waals surface area (Å²) >= 11 is 1.39. The van der Waals surface area contributed by atoms with Crippen LogP contribution < -0.4 is 15.5 Å². The van der Waals surface area contributed by atoms with Crippen LogP contribution in [0.3, 0.4) is 0 Å². The van der Waals surface area contributed by atoms with E-state index in [1.54, 1.807) is 42.2 Å². The Morgan fingerprint density at radius 2 is 1.91 bits per heavy atom. The van der Waals surface area contributed by atoms with Gasteiger partial charge in [-0.15, -0.1) is 11.3 Å². The molecule has 1 aromatic heterocycles. The number of carbonyl (C=O) groups excluding carboxylic acids is 4.